The van der Waals surface area contributed by atoms with Crippen molar-refractivity contribution in [2.75, 3.05) is 11.9 Å². The molecule has 0 saturated carbocycles. The third-order valence-corrected chi connectivity index (χ3v) is 7.61. The molecule has 0 spiro atoms. The Hall–Kier alpha value is -1.000. The molecule has 0 bridgehead atoms. The molecular weight excluding hydrogens is 628 g/mol. The molecule has 1 aliphatic rings. The van der Waals surface area contributed by atoms with Crippen molar-refractivity contribution in [3.05, 3.63) is 66.4 Å². The summed E-state index contributed by atoms with van der Waals surface area (Å²) in [4.78, 5) is 27.2. The number of thioether (sulfide) groups is 1. The SMILES string of the molecule is O=C(CCCCCN1C(=O)C(=Cc2ccccc2)SC1=S)Nc1c(Br)cc(Br)cc1Br. The molecule has 0 aromatic heterocycles. The van der Waals surface area contributed by atoms with Gasteiger partial charge >= 0.3 is 0 Å². The Morgan fingerprint density at radius 1 is 1.06 bits per heavy atom. The summed E-state index contributed by atoms with van der Waals surface area (Å²) in [5.41, 5.74) is 1.70. The summed E-state index contributed by atoms with van der Waals surface area (Å²) >= 11 is 17.1. The first-order chi connectivity index (χ1) is 14.8. The van der Waals surface area contributed by atoms with Crippen LogP contribution in [0.4, 0.5) is 5.69 Å². The molecule has 2 amide bonds. The molecule has 0 atom stereocenters. The van der Waals surface area contributed by atoms with Crippen molar-refractivity contribution in [2.24, 2.45) is 0 Å². The van der Waals surface area contributed by atoms with E-state index in [2.05, 4.69) is 53.1 Å². The molecule has 0 unspecified atom stereocenters. The third kappa shape index (κ3) is 6.99. The minimum absolute atomic E-state index is 0.0402. The predicted octanol–water partition coefficient (Wildman–Crippen LogP) is 7.37. The number of carbonyl (C=O) groups is 2. The summed E-state index contributed by atoms with van der Waals surface area (Å²) in [5.74, 6) is -0.0818. The minimum Gasteiger partial charge on any atom is -0.324 e. The van der Waals surface area contributed by atoms with Gasteiger partial charge < -0.3 is 5.32 Å². The predicted molar refractivity (Wildman–Crippen MR) is 143 cm³/mol. The number of hydrogen-bond acceptors (Lipinski definition) is 4. The molecule has 3 rings (SSSR count). The first-order valence-electron chi connectivity index (χ1n) is 9.60. The van der Waals surface area contributed by atoms with Crippen molar-refractivity contribution >= 4 is 99.7 Å². The van der Waals surface area contributed by atoms with Gasteiger partial charge in [0.1, 0.15) is 4.32 Å². The molecule has 9 heteroatoms. The molecule has 2 aromatic rings. The fourth-order valence-corrected chi connectivity index (χ4v) is 6.75. The molecule has 31 heavy (non-hydrogen) atoms. The summed E-state index contributed by atoms with van der Waals surface area (Å²) in [6, 6.07) is 13.5. The topological polar surface area (TPSA) is 49.4 Å². The molecular formula is C22H19Br3N2O2S2. The first kappa shape index (κ1) is 24.6. The Labute approximate surface area is 216 Å². The van der Waals surface area contributed by atoms with Crippen LogP contribution in [0.1, 0.15) is 31.2 Å². The highest BCUT2D eigenvalue weighted by Crippen LogP contribution is 2.35. The van der Waals surface area contributed by atoms with Crippen molar-refractivity contribution in [1.29, 1.82) is 0 Å². The molecule has 2 aromatic carbocycles. The number of carbonyl (C=O) groups excluding carboxylic acids is 2. The normalized spacial score (nSPS) is 15.1. The lowest BCUT2D eigenvalue weighted by Crippen LogP contribution is -2.29. The van der Waals surface area contributed by atoms with Crippen molar-refractivity contribution < 1.29 is 9.59 Å². The van der Waals surface area contributed by atoms with Crippen LogP contribution in [0.3, 0.4) is 0 Å². The van der Waals surface area contributed by atoms with Crippen molar-refractivity contribution in [1.82, 2.24) is 4.90 Å². The van der Waals surface area contributed by atoms with Gasteiger partial charge in [-0.15, -0.1) is 0 Å². The maximum Gasteiger partial charge on any atom is 0.266 e. The van der Waals surface area contributed by atoms with E-state index >= 15 is 0 Å². The van der Waals surface area contributed by atoms with Gasteiger partial charge in [0.15, 0.2) is 0 Å². The standard InChI is InChI=1S/C22H19Br3N2O2S2/c23-15-12-16(24)20(17(25)13-15)26-19(28)9-5-2-6-10-27-21(29)18(31-22(27)30)11-14-7-3-1-4-8-14/h1,3-4,7-8,11-13H,2,5-6,9-10H2,(H,26,28). The Morgan fingerprint density at radius 2 is 1.74 bits per heavy atom. The van der Waals surface area contributed by atoms with E-state index in [1.165, 1.54) is 11.8 Å². The maximum atomic E-state index is 12.7. The van der Waals surface area contributed by atoms with E-state index < -0.39 is 0 Å². The zero-order valence-electron chi connectivity index (χ0n) is 16.4. The molecule has 1 aliphatic heterocycles. The highest BCUT2D eigenvalue weighted by atomic mass is 79.9. The zero-order chi connectivity index (χ0) is 22.4. The second-order valence-corrected chi connectivity index (χ2v) is 11.1. The quantitative estimate of drug-likeness (QED) is 0.185. The number of hydrogen-bond donors (Lipinski definition) is 1. The Bertz CT molecular complexity index is 1010. The van der Waals surface area contributed by atoms with Crippen LogP contribution in [-0.2, 0) is 9.59 Å². The summed E-state index contributed by atoms with van der Waals surface area (Å²) in [6.07, 6.45) is 4.67. The van der Waals surface area contributed by atoms with Crippen LogP contribution in [0.5, 0.6) is 0 Å². The first-order valence-corrected chi connectivity index (χ1v) is 13.2. The fourth-order valence-electron chi connectivity index (χ4n) is 2.99. The summed E-state index contributed by atoms with van der Waals surface area (Å²) in [5, 5.41) is 2.93. The number of amides is 2. The number of nitrogens with zero attached hydrogens (tertiary/aromatic N) is 1. The van der Waals surface area contributed by atoms with E-state index in [4.69, 9.17) is 12.2 Å². The van der Waals surface area contributed by atoms with Crippen LogP contribution < -0.4 is 5.32 Å². The molecule has 1 saturated heterocycles. The lowest BCUT2D eigenvalue weighted by atomic mass is 10.1. The van der Waals surface area contributed by atoms with E-state index in [1.807, 2.05) is 48.5 Å². The number of thiocarbonyl (C=S) groups is 1. The summed E-state index contributed by atoms with van der Waals surface area (Å²) < 4.78 is 3.12. The van der Waals surface area contributed by atoms with Gasteiger partial charge in [-0.3, -0.25) is 14.5 Å². The number of nitrogens with one attached hydrogen (secondary N) is 1. The molecule has 0 radical (unpaired) electrons. The Kier molecular flexibility index (Phi) is 9.33. The zero-order valence-corrected chi connectivity index (χ0v) is 22.8. The molecule has 0 aliphatic carbocycles. The van der Waals surface area contributed by atoms with Gasteiger partial charge in [0.05, 0.1) is 10.6 Å². The van der Waals surface area contributed by atoms with E-state index in [-0.39, 0.29) is 11.8 Å². The highest BCUT2D eigenvalue weighted by molar-refractivity contribution is 9.11. The Balaban J connectivity index is 1.43. The van der Waals surface area contributed by atoms with Gasteiger partial charge in [0, 0.05) is 26.4 Å². The van der Waals surface area contributed by atoms with Gasteiger partial charge in [0.25, 0.3) is 5.91 Å². The van der Waals surface area contributed by atoms with Crippen LogP contribution in [0.15, 0.2) is 60.8 Å². The van der Waals surface area contributed by atoms with Crippen molar-refractivity contribution in [3.63, 3.8) is 0 Å². The lowest BCUT2D eigenvalue weighted by molar-refractivity contribution is -0.122. The van der Waals surface area contributed by atoms with Crippen molar-refractivity contribution in [2.45, 2.75) is 25.7 Å². The Morgan fingerprint density at radius 3 is 2.42 bits per heavy atom. The van der Waals surface area contributed by atoms with E-state index in [1.54, 1.807) is 4.90 Å². The van der Waals surface area contributed by atoms with E-state index in [0.29, 0.717) is 22.2 Å². The second kappa shape index (κ2) is 11.7. The van der Waals surface area contributed by atoms with E-state index in [0.717, 1.165) is 43.9 Å². The molecule has 162 valence electrons. The minimum atomic E-state index is -0.0415. The average Bonchev–Trinajstić information content (AvgIpc) is 2.98. The van der Waals surface area contributed by atoms with Gasteiger partial charge in [0.2, 0.25) is 5.91 Å². The average molecular weight is 647 g/mol. The molecule has 4 nitrogen and oxygen atoms in total. The van der Waals surface area contributed by atoms with Crippen LogP contribution in [0, 0.1) is 0 Å². The smallest absolute Gasteiger partial charge is 0.266 e. The molecule has 1 heterocycles. The summed E-state index contributed by atoms with van der Waals surface area (Å²) in [6.45, 7) is 0.572. The third-order valence-electron chi connectivity index (χ3n) is 4.53. The van der Waals surface area contributed by atoms with E-state index in [9.17, 15) is 9.59 Å². The number of benzene rings is 2. The van der Waals surface area contributed by atoms with Gasteiger partial charge in [-0.05, 0) is 68.5 Å². The van der Waals surface area contributed by atoms with Crippen LogP contribution in [0.2, 0.25) is 0 Å². The summed E-state index contributed by atoms with van der Waals surface area (Å²) in [7, 11) is 0. The monoisotopic (exact) mass is 644 g/mol. The lowest BCUT2D eigenvalue weighted by Gasteiger charge is -2.14. The number of anilines is 1. The second-order valence-electron chi connectivity index (χ2n) is 6.85. The highest BCUT2D eigenvalue weighted by Gasteiger charge is 2.31. The van der Waals surface area contributed by atoms with Gasteiger partial charge in [-0.2, -0.15) is 0 Å². The van der Waals surface area contributed by atoms with Crippen molar-refractivity contribution in [3.8, 4) is 0 Å². The number of halogens is 3. The maximum absolute atomic E-state index is 12.7. The fraction of sp³-hybridized carbons (Fsp3) is 0.227. The number of rotatable bonds is 8. The molecule has 1 fully saturated rings. The number of unbranched alkanes of at least 4 members (excludes halogenated alkanes) is 2. The van der Waals surface area contributed by atoms with Crippen LogP contribution in [0.25, 0.3) is 6.08 Å². The van der Waals surface area contributed by atoms with Crippen LogP contribution >= 0.6 is 71.8 Å². The largest absolute Gasteiger partial charge is 0.324 e. The van der Waals surface area contributed by atoms with Gasteiger partial charge in [-0.1, -0.05) is 76.7 Å². The van der Waals surface area contributed by atoms with Gasteiger partial charge in [-0.25, -0.2) is 0 Å². The van der Waals surface area contributed by atoms with Crippen LogP contribution in [-0.4, -0.2) is 27.6 Å². The molecule has 1 N–H and O–H groups in total.